The van der Waals surface area contributed by atoms with Crippen LogP contribution in [0.3, 0.4) is 0 Å². The number of nitrogens with two attached hydrogens (primary N) is 1. The van der Waals surface area contributed by atoms with Gasteiger partial charge in [-0.1, -0.05) is 36.4 Å². The van der Waals surface area contributed by atoms with Gasteiger partial charge < -0.3 is 15.2 Å². The van der Waals surface area contributed by atoms with Crippen LogP contribution >= 0.6 is 0 Å². The second-order valence-corrected chi connectivity index (χ2v) is 5.06. The highest BCUT2D eigenvalue weighted by molar-refractivity contribution is 5.77. The molecule has 128 valence electrons. The van der Waals surface area contributed by atoms with E-state index in [1.165, 1.54) is 31.4 Å². The van der Waals surface area contributed by atoms with E-state index in [0.717, 1.165) is 11.1 Å². The summed E-state index contributed by atoms with van der Waals surface area (Å²) in [6, 6.07) is 11.9. The minimum atomic E-state index is -4.73. The first-order valence-electron chi connectivity index (χ1n) is 7.07. The summed E-state index contributed by atoms with van der Waals surface area (Å²) in [7, 11) is 1.26. The molecule has 0 saturated carbocycles. The third kappa shape index (κ3) is 4.73. The van der Waals surface area contributed by atoms with Crippen molar-refractivity contribution in [1.82, 2.24) is 0 Å². The first-order valence-corrected chi connectivity index (χ1v) is 7.07. The molecule has 0 amide bonds. The number of esters is 1. The van der Waals surface area contributed by atoms with Gasteiger partial charge in [0.05, 0.1) is 7.11 Å². The van der Waals surface area contributed by atoms with Gasteiger partial charge >= 0.3 is 12.3 Å². The fourth-order valence-corrected chi connectivity index (χ4v) is 2.29. The van der Waals surface area contributed by atoms with Crippen LogP contribution in [-0.4, -0.2) is 25.5 Å². The molecule has 0 aliphatic rings. The summed E-state index contributed by atoms with van der Waals surface area (Å²) in [6.45, 7) is 0. The SMILES string of the molecule is COC(=O)C(N)Cc1ccccc1-c1ccc(OC(F)(F)F)cc1. The van der Waals surface area contributed by atoms with Crippen molar-refractivity contribution in [3.63, 3.8) is 0 Å². The van der Waals surface area contributed by atoms with Crippen molar-refractivity contribution in [1.29, 1.82) is 0 Å². The summed E-state index contributed by atoms with van der Waals surface area (Å²) in [5, 5.41) is 0. The Morgan fingerprint density at radius 3 is 2.33 bits per heavy atom. The predicted molar refractivity (Wildman–Crippen MR) is 82.3 cm³/mol. The molecule has 0 aliphatic heterocycles. The molecule has 0 heterocycles. The zero-order valence-corrected chi connectivity index (χ0v) is 12.8. The van der Waals surface area contributed by atoms with Crippen LogP contribution < -0.4 is 10.5 Å². The van der Waals surface area contributed by atoms with E-state index in [1.807, 2.05) is 0 Å². The van der Waals surface area contributed by atoms with Crippen LogP contribution in [0, 0.1) is 0 Å². The van der Waals surface area contributed by atoms with E-state index in [1.54, 1.807) is 24.3 Å². The maximum atomic E-state index is 12.2. The quantitative estimate of drug-likeness (QED) is 0.849. The molecule has 7 heteroatoms. The van der Waals surface area contributed by atoms with Crippen molar-refractivity contribution in [3.8, 4) is 16.9 Å². The van der Waals surface area contributed by atoms with Gasteiger partial charge in [0.25, 0.3) is 0 Å². The van der Waals surface area contributed by atoms with E-state index >= 15 is 0 Å². The molecule has 0 bridgehead atoms. The molecule has 2 N–H and O–H groups in total. The standard InChI is InChI=1S/C17H16F3NO3/c1-23-16(22)15(21)10-12-4-2-3-5-14(12)11-6-8-13(9-7-11)24-17(18,19)20/h2-9,15H,10,21H2,1H3. The molecule has 0 spiro atoms. The van der Waals surface area contributed by atoms with E-state index in [-0.39, 0.29) is 12.2 Å². The van der Waals surface area contributed by atoms with E-state index in [2.05, 4.69) is 9.47 Å². The maximum Gasteiger partial charge on any atom is 0.573 e. The van der Waals surface area contributed by atoms with Gasteiger partial charge in [-0.2, -0.15) is 0 Å². The minimum Gasteiger partial charge on any atom is -0.468 e. The molecule has 2 aromatic rings. The third-order valence-corrected chi connectivity index (χ3v) is 3.36. The molecule has 0 fully saturated rings. The molecular weight excluding hydrogens is 323 g/mol. The molecule has 1 atom stereocenters. The molecule has 2 rings (SSSR count). The summed E-state index contributed by atoms with van der Waals surface area (Å²) in [5.41, 5.74) is 8.04. The number of halogens is 3. The maximum absolute atomic E-state index is 12.2. The molecule has 2 aromatic carbocycles. The summed E-state index contributed by atoms with van der Waals surface area (Å²) < 4.78 is 45.1. The van der Waals surface area contributed by atoms with E-state index in [4.69, 9.17) is 5.73 Å². The molecular formula is C17H16F3NO3. The first-order chi connectivity index (χ1) is 11.3. The zero-order chi connectivity index (χ0) is 17.7. The molecule has 0 aliphatic carbocycles. The highest BCUT2D eigenvalue weighted by atomic mass is 19.4. The summed E-state index contributed by atoms with van der Waals surface area (Å²) in [6.07, 6.45) is -4.48. The van der Waals surface area contributed by atoms with E-state index in [9.17, 15) is 18.0 Å². The van der Waals surface area contributed by atoms with E-state index < -0.39 is 18.4 Å². The number of carbonyl (C=O) groups excluding carboxylic acids is 1. The lowest BCUT2D eigenvalue weighted by molar-refractivity contribution is -0.274. The van der Waals surface area contributed by atoms with Crippen LogP contribution in [0.15, 0.2) is 48.5 Å². The highest BCUT2D eigenvalue weighted by Gasteiger charge is 2.31. The number of alkyl halides is 3. The van der Waals surface area contributed by atoms with Crippen LogP contribution in [0.2, 0.25) is 0 Å². The topological polar surface area (TPSA) is 61.5 Å². The van der Waals surface area contributed by atoms with E-state index in [0.29, 0.717) is 5.56 Å². The number of rotatable bonds is 5. The Hall–Kier alpha value is -2.54. The van der Waals surface area contributed by atoms with Crippen LogP contribution in [0.5, 0.6) is 5.75 Å². The smallest absolute Gasteiger partial charge is 0.468 e. The van der Waals surface area contributed by atoms with Crippen molar-refractivity contribution in [3.05, 3.63) is 54.1 Å². The van der Waals surface area contributed by atoms with Gasteiger partial charge in [0.2, 0.25) is 0 Å². The lowest BCUT2D eigenvalue weighted by Gasteiger charge is -2.14. The van der Waals surface area contributed by atoms with Crippen molar-refractivity contribution in [2.75, 3.05) is 7.11 Å². The van der Waals surface area contributed by atoms with Gasteiger partial charge in [0.1, 0.15) is 11.8 Å². The fraction of sp³-hybridized carbons (Fsp3) is 0.235. The Kier molecular flexibility index (Phi) is 5.46. The number of benzene rings is 2. The Morgan fingerprint density at radius 1 is 1.12 bits per heavy atom. The Balaban J connectivity index is 2.24. The number of hydrogen-bond donors (Lipinski definition) is 1. The molecule has 1 unspecified atom stereocenters. The summed E-state index contributed by atoms with van der Waals surface area (Å²) in [5.74, 6) is -0.825. The largest absolute Gasteiger partial charge is 0.573 e. The summed E-state index contributed by atoms with van der Waals surface area (Å²) in [4.78, 5) is 11.5. The van der Waals surface area contributed by atoms with Crippen molar-refractivity contribution in [2.45, 2.75) is 18.8 Å². The number of ether oxygens (including phenoxy) is 2. The zero-order valence-electron chi connectivity index (χ0n) is 12.8. The van der Waals surface area contributed by atoms with Crippen molar-refractivity contribution >= 4 is 5.97 Å². The minimum absolute atomic E-state index is 0.254. The third-order valence-electron chi connectivity index (χ3n) is 3.36. The van der Waals surface area contributed by atoms with Gasteiger partial charge in [-0.25, -0.2) is 0 Å². The van der Waals surface area contributed by atoms with Crippen LogP contribution in [-0.2, 0) is 16.0 Å². The predicted octanol–water partition coefficient (Wildman–Crippen LogP) is 3.30. The number of methoxy groups -OCH3 is 1. The highest BCUT2D eigenvalue weighted by Crippen LogP contribution is 2.28. The Bertz CT molecular complexity index is 699. The first kappa shape index (κ1) is 17.8. The summed E-state index contributed by atoms with van der Waals surface area (Å²) >= 11 is 0. The second-order valence-electron chi connectivity index (χ2n) is 5.06. The van der Waals surface area contributed by atoms with Crippen molar-refractivity contribution in [2.24, 2.45) is 5.73 Å². The normalized spacial score (nSPS) is 12.5. The van der Waals surface area contributed by atoms with Gasteiger partial charge in [-0.3, -0.25) is 4.79 Å². The van der Waals surface area contributed by atoms with Gasteiger partial charge in [-0.05, 0) is 35.2 Å². The van der Waals surface area contributed by atoms with Crippen LogP contribution in [0.1, 0.15) is 5.56 Å². The molecule has 24 heavy (non-hydrogen) atoms. The Morgan fingerprint density at radius 2 is 1.75 bits per heavy atom. The molecule has 0 aromatic heterocycles. The van der Waals surface area contributed by atoms with Crippen molar-refractivity contribution < 1.29 is 27.4 Å². The lowest BCUT2D eigenvalue weighted by Crippen LogP contribution is -2.33. The van der Waals surface area contributed by atoms with Gasteiger partial charge in [-0.15, -0.1) is 13.2 Å². The van der Waals surface area contributed by atoms with Crippen LogP contribution in [0.25, 0.3) is 11.1 Å². The van der Waals surface area contributed by atoms with Crippen LogP contribution in [0.4, 0.5) is 13.2 Å². The monoisotopic (exact) mass is 339 g/mol. The number of carbonyl (C=O) groups is 1. The molecule has 0 radical (unpaired) electrons. The average molecular weight is 339 g/mol. The molecule has 4 nitrogen and oxygen atoms in total. The molecule has 0 saturated heterocycles. The Labute approximate surface area is 137 Å². The average Bonchev–Trinajstić information content (AvgIpc) is 2.54. The van der Waals surface area contributed by atoms with Gasteiger partial charge in [0, 0.05) is 0 Å². The lowest BCUT2D eigenvalue weighted by atomic mass is 9.95. The second kappa shape index (κ2) is 7.35. The fourth-order valence-electron chi connectivity index (χ4n) is 2.29. The van der Waals surface area contributed by atoms with Gasteiger partial charge in [0.15, 0.2) is 0 Å². The number of hydrogen-bond acceptors (Lipinski definition) is 4.